The van der Waals surface area contributed by atoms with Gasteiger partial charge in [0, 0.05) is 18.5 Å². The molecule has 29 heavy (non-hydrogen) atoms. The Balaban J connectivity index is 0.00000205. The number of thiophene rings is 1. The first-order valence-electron chi connectivity index (χ1n) is 9.59. The summed E-state index contributed by atoms with van der Waals surface area (Å²) in [4.78, 5) is 16.9. The van der Waals surface area contributed by atoms with E-state index in [0.29, 0.717) is 12.1 Å². The molecule has 1 spiro atoms. The van der Waals surface area contributed by atoms with Crippen molar-refractivity contribution in [3.63, 3.8) is 0 Å². The first kappa shape index (κ1) is 20.3. The van der Waals surface area contributed by atoms with Crippen LogP contribution in [0.3, 0.4) is 0 Å². The fraction of sp³-hybridized carbons (Fsp3) is 0.450. The number of hydrogen-bond acceptors (Lipinski definition) is 7. The average Bonchev–Trinajstić information content (AvgIpc) is 3.35. The Labute approximate surface area is 178 Å². The molecule has 5 rings (SSSR count). The van der Waals surface area contributed by atoms with Gasteiger partial charge in [-0.25, -0.2) is 4.63 Å². The maximum Gasteiger partial charge on any atom is 0.263 e. The molecule has 3 aromatic rings. The summed E-state index contributed by atoms with van der Waals surface area (Å²) in [6.45, 7) is 3.16. The number of carbonyl (C=O) groups excluding carboxylic acids is 1. The average molecular weight is 435 g/mol. The molecule has 1 saturated heterocycles. The highest BCUT2D eigenvalue weighted by Crippen LogP contribution is 2.44. The molecule has 1 amide bonds. The molecule has 0 unspecified atom stereocenters. The van der Waals surface area contributed by atoms with Gasteiger partial charge in [-0.05, 0) is 72.0 Å². The summed E-state index contributed by atoms with van der Waals surface area (Å²) in [6.07, 6.45) is 2.82. The molecule has 0 atom stereocenters. The summed E-state index contributed by atoms with van der Waals surface area (Å²) in [7, 11) is 1.84. The molecule has 7 nitrogen and oxygen atoms in total. The van der Waals surface area contributed by atoms with Crippen LogP contribution in [0.2, 0.25) is 0 Å². The van der Waals surface area contributed by atoms with E-state index in [1.807, 2.05) is 25.2 Å². The minimum absolute atomic E-state index is 0. The van der Waals surface area contributed by atoms with E-state index in [1.54, 1.807) is 16.2 Å². The van der Waals surface area contributed by atoms with Crippen LogP contribution in [-0.2, 0) is 23.3 Å². The number of fused-ring (bicyclic) bond motifs is 3. The van der Waals surface area contributed by atoms with Gasteiger partial charge in [0.1, 0.15) is 16.6 Å². The van der Waals surface area contributed by atoms with Gasteiger partial charge in [0.15, 0.2) is 0 Å². The van der Waals surface area contributed by atoms with Crippen molar-refractivity contribution >= 4 is 40.7 Å². The van der Waals surface area contributed by atoms with Crippen LogP contribution in [0.25, 0.3) is 11.0 Å². The number of aromatic nitrogens is 2. The SMILES string of the molecule is CN(Cc1ccc2nonc2c1)C(=O)c1cc2c(s1)C1(CCNCC1)OCC2.Cl. The van der Waals surface area contributed by atoms with Crippen molar-refractivity contribution < 1.29 is 14.2 Å². The van der Waals surface area contributed by atoms with Crippen molar-refractivity contribution in [2.45, 2.75) is 31.4 Å². The lowest BCUT2D eigenvalue weighted by atomic mass is 9.86. The van der Waals surface area contributed by atoms with Crippen molar-refractivity contribution in [3.05, 3.63) is 45.1 Å². The highest BCUT2D eigenvalue weighted by atomic mass is 35.5. The van der Waals surface area contributed by atoms with E-state index in [-0.39, 0.29) is 23.9 Å². The maximum absolute atomic E-state index is 13.1. The largest absolute Gasteiger partial charge is 0.369 e. The number of halogens is 1. The van der Waals surface area contributed by atoms with Crippen molar-refractivity contribution in [2.24, 2.45) is 0 Å². The molecule has 154 valence electrons. The zero-order valence-corrected chi connectivity index (χ0v) is 17.8. The summed E-state index contributed by atoms with van der Waals surface area (Å²) >= 11 is 1.61. The van der Waals surface area contributed by atoms with E-state index in [9.17, 15) is 4.79 Å². The molecule has 2 aliphatic rings. The lowest BCUT2D eigenvalue weighted by molar-refractivity contribution is -0.0771. The highest BCUT2D eigenvalue weighted by Gasteiger charge is 2.41. The number of hydrogen-bond donors (Lipinski definition) is 1. The second kappa shape index (κ2) is 8.02. The summed E-state index contributed by atoms with van der Waals surface area (Å²) in [5.74, 6) is 0.0434. The third-order valence-corrected chi connectivity index (χ3v) is 7.03. The lowest BCUT2D eigenvalue weighted by Crippen LogP contribution is -2.43. The molecular formula is C20H23ClN4O3S. The van der Waals surface area contributed by atoms with Gasteiger partial charge in [0.2, 0.25) is 0 Å². The lowest BCUT2D eigenvalue weighted by Gasteiger charge is -2.40. The van der Waals surface area contributed by atoms with E-state index in [2.05, 4.69) is 21.7 Å². The minimum Gasteiger partial charge on any atom is -0.369 e. The summed E-state index contributed by atoms with van der Waals surface area (Å²) in [6, 6.07) is 7.80. The molecular weight excluding hydrogens is 412 g/mol. The van der Waals surface area contributed by atoms with Crippen LogP contribution in [0, 0.1) is 0 Å². The van der Waals surface area contributed by atoms with E-state index >= 15 is 0 Å². The summed E-state index contributed by atoms with van der Waals surface area (Å²) in [5, 5.41) is 11.1. The molecule has 9 heteroatoms. The third-order valence-electron chi connectivity index (χ3n) is 5.68. The van der Waals surface area contributed by atoms with Crippen molar-refractivity contribution in [1.29, 1.82) is 0 Å². The normalized spacial score (nSPS) is 17.7. The van der Waals surface area contributed by atoms with E-state index in [0.717, 1.165) is 54.9 Å². The van der Waals surface area contributed by atoms with Crippen LogP contribution in [0.15, 0.2) is 28.9 Å². The zero-order chi connectivity index (χ0) is 19.1. The number of ether oxygens (including phenoxy) is 1. The predicted octanol–water partition coefficient (Wildman–Crippen LogP) is 3.13. The molecule has 1 aromatic carbocycles. The van der Waals surface area contributed by atoms with E-state index in [4.69, 9.17) is 9.37 Å². The number of nitrogens with one attached hydrogen (secondary N) is 1. The molecule has 4 heterocycles. The van der Waals surface area contributed by atoms with Gasteiger partial charge in [0.05, 0.1) is 11.5 Å². The molecule has 1 N–H and O–H groups in total. The summed E-state index contributed by atoms with van der Waals surface area (Å²) in [5.41, 5.74) is 3.50. The smallest absolute Gasteiger partial charge is 0.263 e. The minimum atomic E-state index is -0.203. The van der Waals surface area contributed by atoms with Gasteiger partial charge in [-0.2, -0.15) is 0 Å². The number of benzene rings is 1. The van der Waals surface area contributed by atoms with Crippen LogP contribution >= 0.6 is 23.7 Å². The van der Waals surface area contributed by atoms with Crippen LogP contribution < -0.4 is 5.32 Å². The Kier molecular flexibility index (Phi) is 5.61. The second-order valence-corrected chi connectivity index (χ2v) is 8.61. The molecule has 0 radical (unpaired) electrons. The molecule has 2 aromatic heterocycles. The fourth-order valence-electron chi connectivity index (χ4n) is 4.19. The Morgan fingerprint density at radius 2 is 2.03 bits per heavy atom. The van der Waals surface area contributed by atoms with Gasteiger partial charge in [0.25, 0.3) is 5.91 Å². The number of amides is 1. The Hall–Kier alpha value is -2.00. The van der Waals surface area contributed by atoms with E-state index < -0.39 is 0 Å². The molecule has 0 saturated carbocycles. The first-order valence-corrected chi connectivity index (χ1v) is 10.4. The zero-order valence-electron chi connectivity index (χ0n) is 16.1. The number of carbonyl (C=O) groups is 1. The van der Waals surface area contributed by atoms with Crippen molar-refractivity contribution in [3.8, 4) is 0 Å². The van der Waals surface area contributed by atoms with Gasteiger partial charge >= 0.3 is 0 Å². The monoisotopic (exact) mass is 434 g/mol. The van der Waals surface area contributed by atoms with Gasteiger partial charge < -0.3 is 15.0 Å². The number of nitrogens with zero attached hydrogens (tertiary/aromatic N) is 3. The topological polar surface area (TPSA) is 80.5 Å². The number of piperidine rings is 1. The Morgan fingerprint density at radius 1 is 1.24 bits per heavy atom. The Bertz CT molecular complexity index is 1030. The second-order valence-electron chi connectivity index (χ2n) is 7.56. The first-order chi connectivity index (χ1) is 13.6. The third kappa shape index (κ3) is 3.66. The standard InChI is InChI=1S/C20H22N4O3S.ClH/c1-24(12-13-2-3-15-16(10-13)23-27-22-15)19(25)17-11-14-4-9-26-20(18(14)28-17)5-7-21-8-6-20;/h2-3,10-11,21H,4-9,12H2,1H3;1H. The van der Waals surface area contributed by atoms with Crippen LogP contribution in [0.1, 0.15) is 38.5 Å². The fourth-order valence-corrected chi connectivity index (χ4v) is 5.59. The van der Waals surface area contributed by atoms with Crippen LogP contribution in [0.5, 0.6) is 0 Å². The molecule has 2 aliphatic heterocycles. The van der Waals surface area contributed by atoms with Crippen molar-refractivity contribution in [2.75, 3.05) is 26.7 Å². The quantitative estimate of drug-likeness (QED) is 0.682. The van der Waals surface area contributed by atoms with Crippen LogP contribution in [0.4, 0.5) is 0 Å². The number of rotatable bonds is 3. The van der Waals surface area contributed by atoms with Gasteiger partial charge in [-0.1, -0.05) is 6.07 Å². The van der Waals surface area contributed by atoms with Gasteiger partial charge in [-0.3, -0.25) is 4.79 Å². The Morgan fingerprint density at radius 3 is 2.86 bits per heavy atom. The van der Waals surface area contributed by atoms with Gasteiger partial charge in [-0.15, -0.1) is 23.7 Å². The highest BCUT2D eigenvalue weighted by molar-refractivity contribution is 7.14. The van der Waals surface area contributed by atoms with E-state index in [1.165, 1.54) is 10.4 Å². The molecule has 0 bridgehead atoms. The molecule has 0 aliphatic carbocycles. The molecule has 1 fully saturated rings. The summed E-state index contributed by atoms with van der Waals surface area (Å²) < 4.78 is 11.0. The van der Waals surface area contributed by atoms with Crippen LogP contribution in [-0.4, -0.2) is 47.9 Å². The maximum atomic E-state index is 13.1. The predicted molar refractivity (Wildman–Crippen MR) is 113 cm³/mol. The van der Waals surface area contributed by atoms with Crippen molar-refractivity contribution in [1.82, 2.24) is 20.5 Å².